The van der Waals surface area contributed by atoms with Gasteiger partial charge in [-0.05, 0) is 32.6 Å². The number of amides is 2. The number of carbonyl (C=O) groups excluding carboxylic acids is 1. The van der Waals surface area contributed by atoms with Crippen molar-refractivity contribution in [2.24, 2.45) is 11.8 Å². The number of rotatable bonds is 4. The van der Waals surface area contributed by atoms with Crippen LogP contribution in [0.1, 0.15) is 45.3 Å². The average molecular weight is 322 g/mol. The number of nitrogens with zero attached hydrogens (tertiary/aromatic N) is 3. The van der Waals surface area contributed by atoms with Gasteiger partial charge in [0.2, 0.25) is 0 Å². The first-order valence-corrected chi connectivity index (χ1v) is 8.16. The average Bonchev–Trinajstić information content (AvgIpc) is 2.86. The van der Waals surface area contributed by atoms with Gasteiger partial charge in [-0.1, -0.05) is 13.8 Å². The van der Waals surface area contributed by atoms with Crippen molar-refractivity contribution < 1.29 is 14.7 Å². The molecule has 1 aromatic rings. The summed E-state index contributed by atoms with van der Waals surface area (Å²) in [6, 6.07) is 1.83. The molecule has 2 N–H and O–H groups in total. The molecule has 23 heavy (non-hydrogen) atoms. The topological polar surface area (TPSA) is 87.5 Å². The molecular weight excluding hydrogens is 296 g/mol. The van der Waals surface area contributed by atoms with Crippen LogP contribution in [0.4, 0.5) is 10.6 Å². The van der Waals surface area contributed by atoms with Crippen LogP contribution >= 0.6 is 0 Å². The van der Waals surface area contributed by atoms with Gasteiger partial charge in [-0.25, -0.2) is 4.79 Å². The molecule has 2 rings (SSSR count). The Balaban J connectivity index is 2.05. The fraction of sp³-hybridized carbons (Fsp3) is 0.688. The highest BCUT2D eigenvalue weighted by atomic mass is 16.4. The van der Waals surface area contributed by atoms with Crippen LogP contribution in [-0.2, 0) is 4.79 Å². The molecule has 1 aromatic heterocycles. The molecule has 0 saturated carbocycles. The van der Waals surface area contributed by atoms with Crippen LogP contribution in [0, 0.1) is 18.8 Å². The van der Waals surface area contributed by atoms with E-state index in [0.29, 0.717) is 18.8 Å². The van der Waals surface area contributed by atoms with Crippen LogP contribution in [0.2, 0.25) is 0 Å². The summed E-state index contributed by atoms with van der Waals surface area (Å²) in [5, 5.41) is 16.4. The van der Waals surface area contributed by atoms with E-state index in [-0.39, 0.29) is 24.5 Å². The van der Waals surface area contributed by atoms with Gasteiger partial charge in [0.15, 0.2) is 5.82 Å². The molecular formula is C16H26N4O3. The molecule has 0 aromatic carbocycles. The number of nitrogens with one attached hydrogen (secondary N) is 1. The molecule has 0 spiro atoms. The number of carboxylic acid groups (broad SMARTS) is 1. The molecule has 1 aliphatic heterocycles. The minimum atomic E-state index is -0.841. The Hall–Kier alpha value is -2.05. The molecule has 3 unspecified atom stereocenters. The highest BCUT2D eigenvalue weighted by Crippen LogP contribution is 2.23. The van der Waals surface area contributed by atoms with E-state index in [0.717, 1.165) is 12.1 Å². The van der Waals surface area contributed by atoms with Crippen LogP contribution in [0.5, 0.6) is 0 Å². The molecule has 0 aliphatic carbocycles. The van der Waals surface area contributed by atoms with E-state index in [1.165, 1.54) is 0 Å². The van der Waals surface area contributed by atoms with Crippen molar-refractivity contribution in [3.05, 3.63) is 11.8 Å². The molecule has 7 nitrogen and oxygen atoms in total. The van der Waals surface area contributed by atoms with Gasteiger partial charge in [-0.15, -0.1) is 0 Å². The second kappa shape index (κ2) is 7.02. The second-order valence-corrected chi connectivity index (χ2v) is 6.58. The fourth-order valence-corrected chi connectivity index (χ4v) is 3.05. The van der Waals surface area contributed by atoms with E-state index in [1.807, 2.05) is 24.6 Å². The van der Waals surface area contributed by atoms with Crippen molar-refractivity contribution in [1.82, 2.24) is 14.7 Å². The van der Waals surface area contributed by atoms with Gasteiger partial charge >= 0.3 is 12.0 Å². The predicted octanol–water partition coefficient (Wildman–Crippen LogP) is 2.74. The van der Waals surface area contributed by atoms with Gasteiger partial charge in [0, 0.05) is 30.9 Å². The Labute approximate surface area is 136 Å². The van der Waals surface area contributed by atoms with Gasteiger partial charge in [0.05, 0.1) is 5.92 Å². The van der Waals surface area contributed by atoms with Gasteiger partial charge in [0.25, 0.3) is 0 Å². The third-order valence-electron chi connectivity index (χ3n) is 4.46. The lowest BCUT2D eigenvalue weighted by molar-refractivity contribution is -0.143. The number of carboxylic acids is 1. The second-order valence-electron chi connectivity index (χ2n) is 6.58. The van der Waals surface area contributed by atoms with Crippen molar-refractivity contribution in [2.45, 2.75) is 46.6 Å². The standard InChI is InChI=1S/C16H26N4O3/c1-5-11(3)20-12(4)7-14(18-20)17-16(23)19-8-10(2)6-13(9-19)15(21)22/h7,10-11,13H,5-6,8-9H2,1-4H3,(H,21,22)(H,17,18,23). The zero-order valence-electron chi connectivity index (χ0n) is 14.2. The van der Waals surface area contributed by atoms with Crippen molar-refractivity contribution in [3.8, 4) is 0 Å². The highest BCUT2D eigenvalue weighted by Gasteiger charge is 2.32. The van der Waals surface area contributed by atoms with E-state index in [2.05, 4.69) is 24.3 Å². The zero-order valence-corrected chi connectivity index (χ0v) is 14.2. The van der Waals surface area contributed by atoms with Crippen molar-refractivity contribution >= 4 is 17.8 Å². The minimum Gasteiger partial charge on any atom is -0.481 e. The minimum absolute atomic E-state index is 0.176. The Morgan fingerprint density at radius 2 is 2.17 bits per heavy atom. The number of hydrogen-bond acceptors (Lipinski definition) is 3. The maximum Gasteiger partial charge on any atom is 0.323 e. The molecule has 128 valence electrons. The van der Waals surface area contributed by atoms with E-state index >= 15 is 0 Å². The number of urea groups is 1. The molecule has 0 bridgehead atoms. The third-order valence-corrected chi connectivity index (χ3v) is 4.46. The largest absolute Gasteiger partial charge is 0.481 e. The normalized spacial score (nSPS) is 22.7. The number of aliphatic carboxylic acids is 1. The van der Waals surface area contributed by atoms with Crippen LogP contribution in [0.25, 0.3) is 0 Å². The monoisotopic (exact) mass is 322 g/mol. The van der Waals surface area contributed by atoms with Crippen molar-refractivity contribution in [1.29, 1.82) is 0 Å². The van der Waals surface area contributed by atoms with Gasteiger partial charge in [-0.2, -0.15) is 5.10 Å². The van der Waals surface area contributed by atoms with Crippen LogP contribution in [0.15, 0.2) is 6.07 Å². The quantitative estimate of drug-likeness (QED) is 0.892. The molecule has 1 fully saturated rings. The Morgan fingerprint density at radius 3 is 2.78 bits per heavy atom. The highest BCUT2D eigenvalue weighted by molar-refractivity contribution is 5.88. The van der Waals surface area contributed by atoms with Gasteiger partial charge < -0.3 is 10.0 Å². The van der Waals surface area contributed by atoms with Gasteiger partial charge in [-0.3, -0.25) is 14.8 Å². The van der Waals surface area contributed by atoms with Crippen molar-refractivity contribution in [2.75, 3.05) is 18.4 Å². The molecule has 7 heteroatoms. The van der Waals surface area contributed by atoms with Crippen LogP contribution < -0.4 is 5.32 Å². The van der Waals surface area contributed by atoms with Crippen molar-refractivity contribution in [3.63, 3.8) is 0 Å². The summed E-state index contributed by atoms with van der Waals surface area (Å²) in [6.07, 6.45) is 1.57. The molecule has 0 radical (unpaired) electrons. The summed E-state index contributed by atoms with van der Waals surface area (Å²) in [4.78, 5) is 25.2. The summed E-state index contributed by atoms with van der Waals surface area (Å²) in [5.41, 5.74) is 0.991. The van der Waals surface area contributed by atoms with Crippen LogP contribution in [-0.4, -0.2) is 44.9 Å². The molecule has 2 amide bonds. The van der Waals surface area contributed by atoms with E-state index < -0.39 is 11.9 Å². The zero-order chi connectivity index (χ0) is 17.1. The number of aromatic nitrogens is 2. The number of piperidine rings is 1. The first-order chi connectivity index (χ1) is 10.8. The summed E-state index contributed by atoms with van der Waals surface area (Å²) in [5.74, 6) is -0.650. The summed E-state index contributed by atoms with van der Waals surface area (Å²) >= 11 is 0. The Kier molecular flexibility index (Phi) is 5.28. The summed E-state index contributed by atoms with van der Waals surface area (Å²) in [7, 11) is 0. The lowest BCUT2D eigenvalue weighted by Crippen LogP contribution is -2.47. The Morgan fingerprint density at radius 1 is 1.48 bits per heavy atom. The lowest BCUT2D eigenvalue weighted by atomic mass is 9.91. The van der Waals surface area contributed by atoms with Crippen LogP contribution in [0.3, 0.4) is 0 Å². The maximum absolute atomic E-state index is 12.4. The van der Waals surface area contributed by atoms with Gasteiger partial charge in [0.1, 0.15) is 0 Å². The fourth-order valence-electron chi connectivity index (χ4n) is 3.05. The van der Waals surface area contributed by atoms with E-state index in [1.54, 1.807) is 4.90 Å². The smallest absolute Gasteiger partial charge is 0.323 e. The maximum atomic E-state index is 12.4. The number of aryl methyl sites for hydroxylation is 1. The SMILES string of the molecule is CCC(C)n1nc(NC(=O)N2CC(C)CC(C(=O)O)C2)cc1C. The molecule has 2 heterocycles. The predicted molar refractivity (Wildman–Crippen MR) is 87.5 cm³/mol. The number of likely N-dealkylation sites (tertiary alicyclic amines) is 1. The number of anilines is 1. The first kappa shape index (κ1) is 17.3. The molecule has 1 aliphatic rings. The molecule has 3 atom stereocenters. The third kappa shape index (κ3) is 4.03. The molecule has 1 saturated heterocycles. The van der Waals surface area contributed by atoms with E-state index in [9.17, 15) is 14.7 Å². The summed E-state index contributed by atoms with van der Waals surface area (Å²) < 4.78 is 1.90. The first-order valence-electron chi connectivity index (χ1n) is 8.16. The number of carbonyl (C=O) groups is 2. The Bertz CT molecular complexity index is 584. The number of hydrogen-bond donors (Lipinski definition) is 2. The lowest BCUT2D eigenvalue weighted by Gasteiger charge is -2.34. The van der Waals surface area contributed by atoms with E-state index in [4.69, 9.17) is 0 Å². The summed E-state index contributed by atoms with van der Waals surface area (Å²) in [6.45, 7) is 8.91.